The zero-order chi connectivity index (χ0) is 11.6. The van der Waals surface area contributed by atoms with Gasteiger partial charge in [0.2, 0.25) is 6.33 Å². The van der Waals surface area contributed by atoms with Gasteiger partial charge >= 0.3 is 0 Å². The van der Waals surface area contributed by atoms with Crippen molar-refractivity contribution in [3.63, 3.8) is 0 Å². The van der Waals surface area contributed by atoms with Gasteiger partial charge in [-0.25, -0.2) is 9.13 Å². The molecule has 0 radical (unpaired) electrons. The lowest BCUT2D eigenvalue weighted by Gasteiger charge is -1.96. The molecule has 1 heterocycles. The summed E-state index contributed by atoms with van der Waals surface area (Å²) in [5, 5.41) is 1.12. The minimum atomic E-state index is 0. The topological polar surface area (TPSA) is 8.81 Å². The highest BCUT2D eigenvalue weighted by Crippen LogP contribution is 2.00. The summed E-state index contributed by atoms with van der Waals surface area (Å²) in [6.45, 7) is 4.58. The molecule has 0 fully saturated rings. The van der Waals surface area contributed by atoms with Gasteiger partial charge < -0.3 is 17.0 Å². The molecule has 1 aromatic heterocycles. The van der Waals surface area contributed by atoms with E-state index < -0.39 is 0 Å². The summed E-state index contributed by atoms with van der Waals surface area (Å²) in [4.78, 5) is 0. The Balaban J connectivity index is 0.00000256. The minimum absolute atomic E-state index is 0. The third kappa shape index (κ3) is 7.98. The number of nitrogens with zero attached hydrogens (tertiary/aromatic N) is 2. The second kappa shape index (κ2) is 11.3. The SMILES string of the molecule is CCCCCC[n+]1ccn(CCCCBr)c1.[Br-]. The quantitative estimate of drug-likeness (QED) is 0.342. The number of hydrogen-bond acceptors (Lipinski definition) is 0. The van der Waals surface area contributed by atoms with Crippen molar-refractivity contribution in [2.45, 2.75) is 58.5 Å². The fourth-order valence-corrected chi connectivity index (χ4v) is 2.21. The lowest BCUT2D eigenvalue weighted by molar-refractivity contribution is -0.696. The average Bonchev–Trinajstić information content (AvgIpc) is 2.73. The predicted molar refractivity (Wildman–Crippen MR) is 71.8 cm³/mol. The number of rotatable bonds is 9. The first-order valence-electron chi connectivity index (χ1n) is 6.47. The molecule has 2 nitrogen and oxygen atoms in total. The molecule has 0 aliphatic rings. The number of aryl methyl sites for hydroxylation is 2. The zero-order valence-corrected chi connectivity index (χ0v) is 13.9. The van der Waals surface area contributed by atoms with Crippen LogP contribution in [0.3, 0.4) is 0 Å². The summed E-state index contributed by atoms with van der Waals surface area (Å²) in [5.74, 6) is 0. The third-order valence-corrected chi connectivity index (χ3v) is 3.38. The van der Waals surface area contributed by atoms with Crippen molar-refractivity contribution in [1.82, 2.24) is 4.57 Å². The summed E-state index contributed by atoms with van der Waals surface area (Å²) >= 11 is 3.46. The van der Waals surface area contributed by atoms with Gasteiger partial charge in [-0.1, -0.05) is 35.7 Å². The Labute approximate surface area is 124 Å². The summed E-state index contributed by atoms with van der Waals surface area (Å²) < 4.78 is 4.60. The smallest absolute Gasteiger partial charge is 0.243 e. The number of halogens is 2. The Bertz CT molecular complexity index is 274. The van der Waals surface area contributed by atoms with Crippen molar-refractivity contribution in [3.8, 4) is 0 Å². The van der Waals surface area contributed by atoms with Crippen LogP contribution in [-0.4, -0.2) is 9.90 Å². The van der Waals surface area contributed by atoms with E-state index in [1.807, 2.05) is 0 Å². The Hall–Kier alpha value is 0.170. The van der Waals surface area contributed by atoms with Crippen LogP contribution in [0.4, 0.5) is 0 Å². The molecule has 0 amide bonds. The highest BCUT2D eigenvalue weighted by atomic mass is 79.9. The van der Waals surface area contributed by atoms with Gasteiger partial charge in [0.1, 0.15) is 12.4 Å². The molecule has 100 valence electrons. The largest absolute Gasteiger partial charge is 1.00 e. The molecule has 0 saturated carbocycles. The van der Waals surface area contributed by atoms with Gasteiger partial charge in [0, 0.05) is 5.33 Å². The first kappa shape index (κ1) is 17.2. The Kier molecular flexibility index (Phi) is 11.4. The zero-order valence-electron chi connectivity index (χ0n) is 10.7. The van der Waals surface area contributed by atoms with E-state index in [-0.39, 0.29) is 17.0 Å². The average molecular weight is 368 g/mol. The highest BCUT2D eigenvalue weighted by molar-refractivity contribution is 9.09. The van der Waals surface area contributed by atoms with E-state index in [4.69, 9.17) is 0 Å². The molecule has 4 heteroatoms. The molecule has 0 aliphatic carbocycles. The molecule has 0 atom stereocenters. The summed E-state index contributed by atoms with van der Waals surface area (Å²) in [5.41, 5.74) is 0. The lowest BCUT2D eigenvalue weighted by atomic mass is 10.2. The first-order valence-corrected chi connectivity index (χ1v) is 7.59. The molecular weight excluding hydrogens is 344 g/mol. The van der Waals surface area contributed by atoms with Crippen LogP contribution in [0.1, 0.15) is 45.4 Å². The van der Waals surface area contributed by atoms with Crippen LogP contribution in [0, 0.1) is 0 Å². The maximum atomic E-state index is 3.46. The van der Waals surface area contributed by atoms with Crippen LogP contribution in [0.2, 0.25) is 0 Å². The molecule has 0 spiro atoms. The minimum Gasteiger partial charge on any atom is -1.00 e. The van der Waals surface area contributed by atoms with Gasteiger partial charge in [0.25, 0.3) is 0 Å². The molecular formula is C13H24Br2N2. The van der Waals surface area contributed by atoms with Crippen LogP contribution >= 0.6 is 15.9 Å². The van der Waals surface area contributed by atoms with Crippen LogP contribution in [0.5, 0.6) is 0 Å². The Morgan fingerprint density at radius 1 is 1.12 bits per heavy atom. The molecule has 1 rings (SSSR count). The van der Waals surface area contributed by atoms with Crippen LogP contribution in [-0.2, 0) is 13.1 Å². The molecule has 0 bridgehead atoms. The predicted octanol–water partition coefficient (Wildman–Crippen LogP) is 0.535. The second-order valence-electron chi connectivity index (χ2n) is 4.35. The van der Waals surface area contributed by atoms with Crippen molar-refractivity contribution in [3.05, 3.63) is 18.7 Å². The fraction of sp³-hybridized carbons (Fsp3) is 0.769. The number of aromatic nitrogens is 2. The third-order valence-electron chi connectivity index (χ3n) is 2.82. The van der Waals surface area contributed by atoms with Crippen LogP contribution in [0.15, 0.2) is 18.7 Å². The van der Waals surface area contributed by atoms with Gasteiger partial charge in [-0.2, -0.15) is 0 Å². The Morgan fingerprint density at radius 3 is 2.65 bits per heavy atom. The van der Waals surface area contributed by atoms with Gasteiger partial charge in [-0.3, -0.25) is 0 Å². The Morgan fingerprint density at radius 2 is 1.94 bits per heavy atom. The molecule has 0 unspecified atom stereocenters. The number of imidazole rings is 1. The van der Waals surface area contributed by atoms with Crippen molar-refractivity contribution < 1.29 is 21.5 Å². The van der Waals surface area contributed by atoms with Crippen LogP contribution < -0.4 is 21.5 Å². The second-order valence-corrected chi connectivity index (χ2v) is 5.14. The van der Waals surface area contributed by atoms with E-state index in [9.17, 15) is 0 Å². The normalized spacial score (nSPS) is 10.2. The highest BCUT2D eigenvalue weighted by Gasteiger charge is 2.02. The molecule has 1 aromatic rings. The van der Waals surface area contributed by atoms with Gasteiger partial charge in [0.15, 0.2) is 0 Å². The van der Waals surface area contributed by atoms with Gasteiger partial charge in [-0.15, -0.1) is 0 Å². The molecule has 0 aromatic carbocycles. The van der Waals surface area contributed by atoms with E-state index in [2.05, 4.69) is 50.7 Å². The monoisotopic (exact) mass is 366 g/mol. The number of unbranched alkanes of at least 4 members (excludes halogenated alkanes) is 4. The van der Waals surface area contributed by atoms with E-state index in [0.29, 0.717) is 0 Å². The molecule has 0 aliphatic heterocycles. The van der Waals surface area contributed by atoms with E-state index in [1.54, 1.807) is 0 Å². The first-order chi connectivity index (χ1) is 7.86. The number of hydrogen-bond donors (Lipinski definition) is 0. The maximum absolute atomic E-state index is 3.46. The molecule has 0 N–H and O–H groups in total. The van der Waals surface area contributed by atoms with E-state index >= 15 is 0 Å². The van der Waals surface area contributed by atoms with Crippen molar-refractivity contribution in [2.75, 3.05) is 5.33 Å². The lowest BCUT2D eigenvalue weighted by Crippen LogP contribution is -3.00. The van der Waals surface area contributed by atoms with E-state index in [1.165, 1.54) is 45.1 Å². The number of alkyl halides is 1. The standard InChI is InChI=1S/C13H24BrN2.BrH/c1-2-3-4-6-9-15-11-12-16(13-15)10-7-5-8-14;/h11-13H,2-10H2,1H3;1H/q+1;/p-1. The van der Waals surface area contributed by atoms with E-state index in [0.717, 1.165) is 11.9 Å². The van der Waals surface area contributed by atoms with Crippen molar-refractivity contribution >= 4 is 15.9 Å². The fourth-order valence-electron chi connectivity index (χ4n) is 1.81. The van der Waals surface area contributed by atoms with Crippen molar-refractivity contribution in [1.29, 1.82) is 0 Å². The van der Waals surface area contributed by atoms with Crippen molar-refractivity contribution in [2.24, 2.45) is 0 Å². The maximum Gasteiger partial charge on any atom is 0.243 e. The van der Waals surface area contributed by atoms with Gasteiger partial charge in [0.05, 0.1) is 13.1 Å². The van der Waals surface area contributed by atoms with Gasteiger partial charge in [-0.05, 0) is 25.7 Å². The molecule has 0 saturated heterocycles. The summed E-state index contributed by atoms with van der Waals surface area (Å²) in [6, 6.07) is 0. The summed E-state index contributed by atoms with van der Waals surface area (Å²) in [6.07, 6.45) is 14.5. The van der Waals surface area contributed by atoms with Crippen LogP contribution in [0.25, 0.3) is 0 Å². The molecule has 17 heavy (non-hydrogen) atoms. The summed E-state index contributed by atoms with van der Waals surface area (Å²) in [7, 11) is 0.